The monoisotopic (exact) mass is 348 g/mol. The second-order valence-electron chi connectivity index (χ2n) is 6.48. The molecule has 25 heavy (non-hydrogen) atoms. The number of rotatable bonds is 4. The molecule has 1 aliphatic carbocycles. The van der Waals surface area contributed by atoms with Gasteiger partial charge in [-0.2, -0.15) is 0 Å². The molecule has 1 heterocycles. The Morgan fingerprint density at radius 1 is 1.04 bits per heavy atom. The predicted octanol–water partition coefficient (Wildman–Crippen LogP) is 5.29. The van der Waals surface area contributed by atoms with E-state index in [1.54, 1.807) is 6.92 Å². The second-order valence-corrected chi connectivity index (χ2v) is 7.46. The number of hydrogen-bond donors (Lipinski definition) is 0. The first-order chi connectivity index (χ1) is 12.1. The minimum Gasteiger partial charge on any atom is -0.317 e. The van der Waals surface area contributed by atoms with Crippen molar-refractivity contribution >= 4 is 22.8 Å². The molecule has 1 aromatic heterocycles. The summed E-state index contributed by atoms with van der Waals surface area (Å²) in [6.07, 6.45) is 2.35. The Labute approximate surface area is 151 Å². The van der Waals surface area contributed by atoms with Gasteiger partial charge in [0, 0.05) is 18.7 Å². The highest BCUT2D eigenvalue weighted by Crippen LogP contribution is 2.36. The molecule has 0 bridgehead atoms. The minimum absolute atomic E-state index is 0.123. The van der Waals surface area contributed by atoms with Crippen molar-refractivity contribution in [3.05, 3.63) is 70.0 Å². The van der Waals surface area contributed by atoms with Crippen molar-refractivity contribution in [1.82, 2.24) is 4.57 Å². The first-order valence-corrected chi connectivity index (χ1v) is 9.38. The molecule has 2 aromatic carbocycles. The minimum atomic E-state index is 0.123. The summed E-state index contributed by atoms with van der Waals surface area (Å²) >= 11 is 1.50. The maximum absolute atomic E-state index is 11.9. The number of carbonyl (C=O) groups is 1. The van der Waals surface area contributed by atoms with Gasteiger partial charge in [-0.1, -0.05) is 53.8 Å². The molecule has 3 aromatic rings. The van der Waals surface area contributed by atoms with Crippen molar-refractivity contribution in [3.8, 4) is 11.1 Å². The third-order valence-electron chi connectivity index (χ3n) is 4.52. The van der Waals surface area contributed by atoms with Crippen molar-refractivity contribution < 1.29 is 4.79 Å². The zero-order valence-corrected chi connectivity index (χ0v) is 15.2. The fourth-order valence-electron chi connectivity index (χ4n) is 3.10. The lowest BCUT2D eigenvalue weighted by atomic mass is 10.1. The van der Waals surface area contributed by atoms with Crippen LogP contribution in [0, 0.1) is 6.92 Å². The molecule has 0 spiro atoms. The van der Waals surface area contributed by atoms with E-state index in [-0.39, 0.29) is 5.78 Å². The summed E-state index contributed by atoms with van der Waals surface area (Å²) in [5.74, 6) is 0.123. The summed E-state index contributed by atoms with van der Waals surface area (Å²) in [5.41, 5.74) is 4.36. The molecule has 0 unspecified atom stereocenters. The lowest BCUT2D eigenvalue weighted by Gasteiger charge is -2.04. The van der Waals surface area contributed by atoms with Gasteiger partial charge in [0.25, 0.3) is 0 Å². The van der Waals surface area contributed by atoms with E-state index >= 15 is 0 Å². The van der Waals surface area contributed by atoms with E-state index in [0.29, 0.717) is 6.04 Å². The summed E-state index contributed by atoms with van der Waals surface area (Å²) in [5, 5.41) is 0. The molecule has 1 fully saturated rings. The molecule has 1 saturated carbocycles. The molecule has 3 nitrogen and oxygen atoms in total. The third kappa shape index (κ3) is 3.22. The molecule has 0 atom stereocenters. The lowest BCUT2D eigenvalue weighted by Crippen LogP contribution is -2.14. The van der Waals surface area contributed by atoms with Crippen molar-refractivity contribution in [2.24, 2.45) is 4.99 Å². The SMILES string of the molecule is CC(=O)c1s/c(=N\c2ccc(-c3ccccc3)cc2)n(C2CC2)c1C. The van der Waals surface area contributed by atoms with Crippen molar-refractivity contribution in [1.29, 1.82) is 0 Å². The fourth-order valence-corrected chi connectivity index (χ4v) is 4.21. The summed E-state index contributed by atoms with van der Waals surface area (Å²) in [6.45, 7) is 3.66. The Morgan fingerprint density at radius 2 is 1.68 bits per heavy atom. The zero-order chi connectivity index (χ0) is 17.4. The highest BCUT2D eigenvalue weighted by Gasteiger charge is 2.28. The van der Waals surface area contributed by atoms with Crippen LogP contribution in [0.4, 0.5) is 5.69 Å². The van der Waals surface area contributed by atoms with Gasteiger partial charge in [0.05, 0.1) is 10.6 Å². The van der Waals surface area contributed by atoms with Crippen LogP contribution < -0.4 is 4.80 Å². The Morgan fingerprint density at radius 3 is 2.28 bits per heavy atom. The van der Waals surface area contributed by atoms with Crippen LogP contribution in [0.25, 0.3) is 11.1 Å². The van der Waals surface area contributed by atoms with Gasteiger partial charge in [-0.25, -0.2) is 4.99 Å². The van der Waals surface area contributed by atoms with Crippen LogP contribution >= 0.6 is 11.3 Å². The van der Waals surface area contributed by atoms with Gasteiger partial charge in [-0.3, -0.25) is 4.79 Å². The van der Waals surface area contributed by atoms with E-state index < -0.39 is 0 Å². The second kappa shape index (κ2) is 6.45. The van der Waals surface area contributed by atoms with E-state index in [9.17, 15) is 4.79 Å². The largest absolute Gasteiger partial charge is 0.317 e. The van der Waals surface area contributed by atoms with E-state index in [2.05, 4.69) is 28.8 Å². The van der Waals surface area contributed by atoms with Gasteiger partial charge in [0.1, 0.15) is 0 Å². The fraction of sp³-hybridized carbons (Fsp3) is 0.238. The maximum atomic E-state index is 11.9. The molecule has 0 radical (unpaired) electrons. The van der Waals surface area contributed by atoms with E-state index in [1.807, 2.05) is 37.3 Å². The van der Waals surface area contributed by atoms with Crippen LogP contribution in [0.5, 0.6) is 0 Å². The number of thiazole rings is 1. The van der Waals surface area contributed by atoms with Crippen LogP contribution in [0.2, 0.25) is 0 Å². The smallest absolute Gasteiger partial charge is 0.191 e. The maximum Gasteiger partial charge on any atom is 0.191 e. The van der Waals surface area contributed by atoms with Crippen LogP contribution in [-0.4, -0.2) is 10.4 Å². The molecule has 0 saturated heterocycles. The lowest BCUT2D eigenvalue weighted by molar-refractivity contribution is 0.102. The van der Waals surface area contributed by atoms with E-state index in [4.69, 9.17) is 4.99 Å². The van der Waals surface area contributed by atoms with Crippen molar-refractivity contribution in [2.75, 3.05) is 0 Å². The van der Waals surface area contributed by atoms with Crippen LogP contribution in [0.3, 0.4) is 0 Å². The molecule has 0 aliphatic heterocycles. The highest BCUT2D eigenvalue weighted by molar-refractivity contribution is 7.11. The molecular formula is C21H20N2OS. The number of nitrogens with zero attached hydrogens (tertiary/aromatic N) is 2. The molecule has 1 aliphatic rings. The third-order valence-corrected chi connectivity index (χ3v) is 5.78. The summed E-state index contributed by atoms with van der Waals surface area (Å²) in [7, 11) is 0. The molecule has 4 heteroatoms. The Bertz CT molecular complexity index is 977. The van der Waals surface area contributed by atoms with Crippen LogP contribution in [0.1, 0.15) is 41.2 Å². The summed E-state index contributed by atoms with van der Waals surface area (Å²) in [4.78, 5) is 18.5. The molecule has 0 N–H and O–H groups in total. The van der Waals surface area contributed by atoms with Gasteiger partial charge in [-0.05, 0) is 43.0 Å². The quantitative estimate of drug-likeness (QED) is 0.590. The molecule has 126 valence electrons. The van der Waals surface area contributed by atoms with E-state index in [0.717, 1.165) is 21.1 Å². The number of carbonyl (C=O) groups excluding carboxylic acids is 1. The van der Waals surface area contributed by atoms with Gasteiger partial charge in [0.2, 0.25) is 0 Å². The van der Waals surface area contributed by atoms with Crippen LogP contribution in [-0.2, 0) is 0 Å². The first-order valence-electron chi connectivity index (χ1n) is 8.56. The Hall–Kier alpha value is -2.46. The first kappa shape index (κ1) is 16.0. The van der Waals surface area contributed by atoms with Crippen molar-refractivity contribution in [3.63, 3.8) is 0 Å². The Kier molecular flexibility index (Phi) is 4.14. The number of aromatic nitrogens is 1. The topological polar surface area (TPSA) is 34.4 Å². The standard InChI is InChI=1S/C21H20N2OS/c1-14-20(15(2)24)25-21(23(14)19-12-13-19)22-18-10-8-17(9-11-18)16-6-4-3-5-7-16/h3-11,19H,12-13H2,1-2H3/b22-21-. The van der Waals surface area contributed by atoms with Gasteiger partial charge in [-0.15, -0.1) is 0 Å². The molecule has 4 rings (SSSR count). The summed E-state index contributed by atoms with van der Waals surface area (Å²) < 4.78 is 2.24. The molecule has 0 amide bonds. The zero-order valence-electron chi connectivity index (χ0n) is 14.4. The normalized spacial score (nSPS) is 14.7. The number of Topliss-reactive ketones (excluding diaryl/α,β-unsaturated/α-hetero) is 1. The van der Waals surface area contributed by atoms with Crippen LogP contribution in [0.15, 0.2) is 59.6 Å². The average molecular weight is 348 g/mol. The van der Waals surface area contributed by atoms with Gasteiger partial charge < -0.3 is 4.57 Å². The number of benzene rings is 2. The number of ketones is 1. The predicted molar refractivity (Wildman–Crippen MR) is 102 cm³/mol. The Balaban J connectivity index is 1.74. The van der Waals surface area contributed by atoms with E-state index in [1.165, 1.54) is 35.3 Å². The number of hydrogen-bond acceptors (Lipinski definition) is 3. The average Bonchev–Trinajstić information content (AvgIpc) is 3.40. The highest BCUT2D eigenvalue weighted by atomic mass is 32.1. The van der Waals surface area contributed by atoms with Gasteiger partial charge >= 0.3 is 0 Å². The van der Waals surface area contributed by atoms with Crippen molar-refractivity contribution in [2.45, 2.75) is 32.7 Å². The molecular weight excluding hydrogens is 328 g/mol. The van der Waals surface area contributed by atoms with Gasteiger partial charge in [0.15, 0.2) is 10.6 Å². The summed E-state index contributed by atoms with van der Waals surface area (Å²) in [6, 6.07) is 19.1.